The van der Waals surface area contributed by atoms with Crippen LogP contribution in [0.25, 0.3) is 116 Å². The van der Waals surface area contributed by atoms with E-state index in [1.54, 1.807) is 73.2 Å². The fraction of sp³-hybridized carbons (Fsp3) is 0.198. The predicted molar refractivity (Wildman–Crippen MR) is 392 cm³/mol. The Kier molecular flexibility index (Phi) is 18.0. The number of methoxy groups -OCH3 is 1. The number of benzene rings is 8. The van der Waals surface area contributed by atoms with Gasteiger partial charge in [-0.25, -0.2) is 32.5 Å². The Bertz CT molecular complexity index is 5820. The number of H-pyrrole nitrogens is 3. The quantitative estimate of drug-likeness (QED) is 0.0559. The van der Waals surface area contributed by atoms with Gasteiger partial charge in [0.05, 0.1) is 77.6 Å². The summed E-state index contributed by atoms with van der Waals surface area (Å²) in [5, 5.41) is 56.4. The van der Waals surface area contributed by atoms with Gasteiger partial charge in [-0.2, -0.15) is 15.3 Å². The van der Waals surface area contributed by atoms with Crippen LogP contribution in [0, 0.1) is 31.3 Å². The molecule has 7 aromatic heterocycles. The summed E-state index contributed by atoms with van der Waals surface area (Å²) < 4.78 is 65.0. The predicted octanol–water partition coefficient (Wildman–Crippen LogP) is 18.6. The van der Waals surface area contributed by atoms with Crippen LogP contribution in [0.1, 0.15) is 125 Å². The number of nitrogens with zero attached hydrogens (tertiary/aromatic N) is 7. The summed E-state index contributed by atoms with van der Waals surface area (Å²) >= 11 is 0. The van der Waals surface area contributed by atoms with E-state index >= 15 is 0 Å². The van der Waals surface area contributed by atoms with Crippen molar-refractivity contribution in [3.05, 3.63) is 233 Å². The first-order valence-corrected chi connectivity index (χ1v) is 33.6. The maximum absolute atomic E-state index is 13.9. The van der Waals surface area contributed by atoms with Gasteiger partial charge in [-0.3, -0.25) is 15.3 Å². The number of nitrogens with one attached hydrogen (secondary N) is 3. The van der Waals surface area contributed by atoms with E-state index in [9.17, 15) is 42.9 Å². The van der Waals surface area contributed by atoms with E-state index in [0.29, 0.717) is 30.4 Å². The molecule has 1 fully saturated rings. The molecule has 0 radical (unpaired) electrons. The van der Waals surface area contributed by atoms with E-state index in [-0.39, 0.29) is 58.1 Å². The highest BCUT2D eigenvalue weighted by Crippen LogP contribution is 2.48. The Morgan fingerprint density at radius 1 is 0.524 bits per heavy atom. The number of pyridine rings is 1. The van der Waals surface area contributed by atoms with Crippen molar-refractivity contribution in [3.8, 4) is 61.9 Å². The Labute approximate surface area is 587 Å². The van der Waals surface area contributed by atoms with E-state index in [1.165, 1.54) is 49.6 Å². The average Bonchev–Trinajstić information content (AvgIpc) is 1.59. The van der Waals surface area contributed by atoms with Gasteiger partial charge in [-0.15, -0.1) is 0 Å². The van der Waals surface area contributed by atoms with Crippen LogP contribution in [0.3, 0.4) is 0 Å². The molecule has 16 rings (SSSR count). The first-order chi connectivity index (χ1) is 49.5. The molecule has 1 unspecified atom stereocenters. The number of aromatic amines is 3. The Hall–Kier alpha value is -12.3. The van der Waals surface area contributed by atoms with Gasteiger partial charge in [0.25, 0.3) is 0 Å². The van der Waals surface area contributed by atoms with E-state index in [1.807, 2.05) is 38.1 Å². The van der Waals surface area contributed by atoms with Gasteiger partial charge in [0, 0.05) is 106 Å². The molecule has 0 spiro atoms. The van der Waals surface area contributed by atoms with E-state index in [4.69, 9.17) is 14.2 Å². The van der Waals surface area contributed by atoms with Crippen molar-refractivity contribution in [2.75, 3.05) is 20.3 Å². The van der Waals surface area contributed by atoms with Crippen molar-refractivity contribution in [3.63, 3.8) is 0 Å². The summed E-state index contributed by atoms with van der Waals surface area (Å²) in [6.07, 6.45) is 5.91. The molecule has 0 aliphatic carbocycles. The SMILES string of the molecule is CC(C)c1c(-c2ccc(C(=O)O)cc2OC2CCOC2)c2cc3[nH]ncc3cc2n1-c1ccc(F)cc1.COc1c(C)cc(-c2c(C(C)C)n(-c3ccc(F)cc3)c3cc4cn[nH]c4cc23)cc1C(=O)O.Cc1nc(C(=O)O)ccc1-c1c(C(C)C)n(-c2ccc(F)cc2)c2cc3cn[nH]c3cc12. The highest BCUT2D eigenvalue weighted by molar-refractivity contribution is 6.10. The molecule has 8 heterocycles. The van der Waals surface area contributed by atoms with E-state index in [0.717, 1.165) is 145 Å². The lowest BCUT2D eigenvalue weighted by Gasteiger charge is -2.19. The summed E-state index contributed by atoms with van der Waals surface area (Å²) in [5.74, 6) is -2.90. The second-order valence-corrected chi connectivity index (χ2v) is 26.6. The third-order valence-corrected chi connectivity index (χ3v) is 18.8. The second-order valence-electron chi connectivity index (χ2n) is 26.6. The number of aromatic carboxylic acids is 3. The normalized spacial score (nSPS) is 13.1. The number of ether oxygens (including phenoxy) is 3. The minimum absolute atomic E-state index is 0.00979. The lowest BCUT2D eigenvalue weighted by Crippen LogP contribution is -2.16. The molecule has 22 heteroatoms. The van der Waals surface area contributed by atoms with Crippen LogP contribution in [0.4, 0.5) is 13.2 Å². The molecule has 6 N–H and O–H groups in total. The number of carboxylic acid groups (broad SMARTS) is 3. The van der Waals surface area contributed by atoms with Crippen molar-refractivity contribution in [2.24, 2.45) is 0 Å². The van der Waals surface area contributed by atoms with E-state index < -0.39 is 17.9 Å². The molecule has 520 valence electrons. The number of hydrogen-bond acceptors (Lipinski definition) is 10. The first-order valence-electron chi connectivity index (χ1n) is 33.6. The molecule has 103 heavy (non-hydrogen) atoms. The molecule has 1 aliphatic rings. The molecule has 1 aliphatic heterocycles. The molecule has 0 amide bonds. The zero-order chi connectivity index (χ0) is 72.4. The average molecular weight is 1390 g/mol. The summed E-state index contributed by atoms with van der Waals surface area (Å²) in [5.41, 5.74) is 18.0. The van der Waals surface area contributed by atoms with Gasteiger partial charge in [0.2, 0.25) is 0 Å². The minimum Gasteiger partial charge on any atom is -0.496 e. The van der Waals surface area contributed by atoms with Crippen LogP contribution in [0.2, 0.25) is 0 Å². The third-order valence-electron chi connectivity index (χ3n) is 18.8. The molecule has 15 aromatic rings. The van der Waals surface area contributed by atoms with Crippen LogP contribution in [-0.4, -0.2) is 109 Å². The zero-order valence-corrected chi connectivity index (χ0v) is 57.7. The van der Waals surface area contributed by atoms with Gasteiger partial charge in [-0.1, -0.05) is 47.6 Å². The number of fused-ring (bicyclic) bond motifs is 6. The summed E-state index contributed by atoms with van der Waals surface area (Å²) in [6, 6.07) is 43.7. The minimum atomic E-state index is -1.06. The van der Waals surface area contributed by atoms with Crippen LogP contribution in [0.5, 0.6) is 11.5 Å². The number of aryl methyl sites for hydroxylation is 2. The number of carbonyl (C=O) groups is 3. The van der Waals surface area contributed by atoms with Crippen molar-refractivity contribution < 1.29 is 57.1 Å². The Balaban J connectivity index is 0.000000131. The second kappa shape index (κ2) is 27.3. The smallest absolute Gasteiger partial charge is 0.354 e. The summed E-state index contributed by atoms with van der Waals surface area (Å²) in [7, 11) is 1.48. The molecule has 0 saturated carbocycles. The zero-order valence-electron chi connectivity index (χ0n) is 57.7. The number of rotatable bonds is 15. The van der Waals surface area contributed by atoms with Crippen LogP contribution in [-0.2, 0) is 4.74 Å². The van der Waals surface area contributed by atoms with Crippen molar-refractivity contribution in [1.82, 2.24) is 49.3 Å². The highest BCUT2D eigenvalue weighted by atomic mass is 19.1. The number of carboxylic acids is 3. The topological polar surface area (TPSA) is 253 Å². The van der Waals surface area contributed by atoms with Crippen LogP contribution >= 0.6 is 0 Å². The molecule has 1 saturated heterocycles. The van der Waals surface area contributed by atoms with Crippen molar-refractivity contribution in [1.29, 1.82) is 0 Å². The lowest BCUT2D eigenvalue weighted by molar-refractivity contribution is 0.0680. The summed E-state index contributed by atoms with van der Waals surface area (Å²) in [4.78, 5) is 39.6. The molecule has 1 atom stereocenters. The summed E-state index contributed by atoms with van der Waals surface area (Å²) in [6.45, 7) is 17.4. The number of hydrogen-bond donors (Lipinski definition) is 6. The van der Waals surface area contributed by atoms with Crippen LogP contribution in [0.15, 0.2) is 170 Å². The van der Waals surface area contributed by atoms with Gasteiger partial charge < -0.3 is 43.2 Å². The Morgan fingerprint density at radius 2 is 0.961 bits per heavy atom. The van der Waals surface area contributed by atoms with Gasteiger partial charge in [0.15, 0.2) is 0 Å². The van der Waals surface area contributed by atoms with Gasteiger partial charge in [0.1, 0.15) is 46.3 Å². The maximum atomic E-state index is 13.9. The van der Waals surface area contributed by atoms with Crippen molar-refractivity contribution in [2.45, 2.75) is 85.7 Å². The van der Waals surface area contributed by atoms with E-state index in [2.05, 4.69) is 121 Å². The molecule has 0 bridgehead atoms. The molecule has 19 nitrogen and oxygen atoms in total. The monoisotopic (exact) mass is 1380 g/mol. The number of halogens is 3. The maximum Gasteiger partial charge on any atom is 0.354 e. The molecule has 8 aromatic carbocycles. The van der Waals surface area contributed by atoms with Gasteiger partial charge in [-0.05, 0) is 188 Å². The number of aromatic nitrogens is 10. The van der Waals surface area contributed by atoms with Crippen molar-refractivity contribution >= 4 is 83.3 Å². The lowest BCUT2D eigenvalue weighted by atomic mass is 9.93. The van der Waals surface area contributed by atoms with Gasteiger partial charge >= 0.3 is 17.9 Å². The molecular weight excluding hydrogens is 1310 g/mol. The first kappa shape index (κ1) is 67.9. The Morgan fingerprint density at radius 3 is 1.36 bits per heavy atom. The third kappa shape index (κ3) is 12.5. The fourth-order valence-electron chi connectivity index (χ4n) is 14.4. The van der Waals surface area contributed by atoms with Crippen LogP contribution < -0.4 is 9.47 Å². The highest BCUT2D eigenvalue weighted by Gasteiger charge is 2.31. The molecular formula is C81H71F3N10O9. The largest absolute Gasteiger partial charge is 0.496 e. The fourth-order valence-corrected chi connectivity index (χ4v) is 14.4. The standard InChI is InChI=1S/C29H26FN3O4.C27H24FN3O3.C25H21FN4O2/c1-16(2)28-27(22-8-3-17(29(34)35)12-26(22)37-21-9-10-36-15-21)23-13-24-18(14-31-32-24)11-25(23)33(28)20-6-4-19(30)5-7-20;1-14(2)25-24(16-9-15(3)26(34-4)21(10-16)27(32)33)20-12-22-17(13-29-30-22)11-23(20)31(25)19-7-5-18(28)6-8-19;1-13(2)24-23(18-8-9-20(25(31)32)28-14(18)3)19-11-21-15(12-27-29-21)10-22(19)30(24)17-6-4-16(26)5-7-17/h3-8,11-14,16,21H,9-10,15H2,1-2H3,(H,31,32)(H,34,35);5-14H,1-4H3,(H,29,30)(H,32,33);4-13H,1-3H3,(H,27,29)(H,31,32).